The first-order chi connectivity index (χ1) is 11.6. The molecule has 0 unspecified atom stereocenters. The summed E-state index contributed by atoms with van der Waals surface area (Å²) in [6, 6.07) is 12.4. The summed E-state index contributed by atoms with van der Waals surface area (Å²) in [5.74, 6) is -2.21. The van der Waals surface area contributed by atoms with Gasteiger partial charge in [0.2, 0.25) is 0 Å². The molecule has 0 atom stereocenters. The molecule has 1 amide bonds. The fourth-order valence-corrected chi connectivity index (χ4v) is 2.43. The normalized spacial score (nSPS) is 10.6. The molecule has 1 aromatic heterocycles. The maximum Gasteiger partial charge on any atom is 0.263 e. The summed E-state index contributed by atoms with van der Waals surface area (Å²) < 4.78 is 31.7. The second-order valence-corrected chi connectivity index (χ2v) is 5.08. The highest BCUT2D eigenvalue weighted by atomic mass is 19.2. The van der Waals surface area contributed by atoms with E-state index in [0.29, 0.717) is 6.54 Å². The van der Waals surface area contributed by atoms with Gasteiger partial charge in [-0.1, -0.05) is 23.4 Å². The number of benzene rings is 2. The summed E-state index contributed by atoms with van der Waals surface area (Å²) in [6.07, 6.45) is 1.28. The summed E-state index contributed by atoms with van der Waals surface area (Å²) in [5.41, 5.74) is 1.16. The average molecular weight is 328 g/mol. The van der Waals surface area contributed by atoms with Crippen molar-refractivity contribution in [3.63, 3.8) is 0 Å². The van der Waals surface area contributed by atoms with Gasteiger partial charge < -0.3 is 9.42 Å². The van der Waals surface area contributed by atoms with Crippen LogP contribution in [0.2, 0.25) is 0 Å². The Hall–Kier alpha value is -3.02. The Balaban J connectivity index is 2.00. The van der Waals surface area contributed by atoms with Crippen molar-refractivity contribution < 1.29 is 18.1 Å². The van der Waals surface area contributed by atoms with Gasteiger partial charge in [0.1, 0.15) is 5.56 Å². The van der Waals surface area contributed by atoms with Crippen LogP contribution < -0.4 is 4.90 Å². The monoisotopic (exact) mass is 328 g/mol. The van der Waals surface area contributed by atoms with E-state index in [4.69, 9.17) is 4.52 Å². The van der Waals surface area contributed by atoms with E-state index in [9.17, 15) is 13.6 Å². The highest BCUT2D eigenvalue weighted by molar-refractivity contribution is 6.09. The van der Waals surface area contributed by atoms with Gasteiger partial charge in [0.15, 0.2) is 17.4 Å². The Morgan fingerprint density at radius 3 is 2.54 bits per heavy atom. The van der Waals surface area contributed by atoms with Crippen LogP contribution in [0.5, 0.6) is 0 Å². The molecule has 0 fully saturated rings. The predicted octanol–water partition coefficient (Wildman–Crippen LogP) is 4.29. The van der Waals surface area contributed by atoms with Crippen LogP contribution in [0.4, 0.5) is 14.5 Å². The Morgan fingerprint density at radius 1 is 1.12 bits per heavy atom. The lowest BCUT2D eigenvalue weighted by Crippen LogP contribution is -2.30. The molecule has 0 saturated heterocycles. The van der Waals surface area contributed by atoms with Crippen LogP contribution in [0, 0.1) is 11.6 Å². The third-order valence-corrected chi connectivity index (χ3v) is 3.61. The van der Waals surface area contributed by atoms with Crippen molar-refractivity contribution in [3.05, 3.63) is 71.9 Å². The van der Waals surface area contributed by atoms with Gasteiger partial charge in [-0.15, -0.1) is 0 Å². The first kappa shape index (κ1) is 15.9. The number of hydrogen-bond acceptors (Lipinski definition) is 3. The second-order valence-electron chi connectivity index (χ2n) is 5.08. The molecule has 0 aliphatic carbocycles. The highest BCUT2D eigenvalue weighted by Gasteiger charge is 2.24. The van der Waals surface area contributed by atoms with Crippen molar-refractivity contribution in [3.8, 4) is 11.3 Å². The van der Waals surface area contributed by atoms with E-state index in [1.807, 2.05) is 37.3 Å². The number of halogens is 2. The number of anilines is 1. The summed E-state index contributed by atoms with van der Waals surface area (Å²) in [7, 11) is 0. The average Bonchev–Trinajstić information content (AvgIpc) is 3.08. The maximum absolute atomic E-state index is 13.5. The van der Waals surface area contributed by atoms with E-state index in [-0.39, 0.29) is 22.8 Å². The number of hydrogen-bond donors (Lipinski definition) is 0. The van der Waals surface area contributed by atoms with E-state index in [0.717, 1.165) is 17.8 Å². The van der Waals surface area contributed by atoms with E-state index >= 15 is 0 Å². The Bertz CT molecular complexity index is 862. The van der Waals surface area contributed by atoms with Gasteiger partial charge in [-0.25, -0.2) is 8.78 Å². The summed E-state index contributed by atoms with van der Waals surface area (Å²) in [4.78, 5) is 14.4. The zero-order valence-corrected chi connectivity index (χ0v) is 12.9. The molecular formula is C18H14F2N2O2. The molecule has 1 heterocycles. The summed E-state index contributed by atoms with van der Waals surface area (Å²) in [6.45, 7) is 2.28. The molecule has 2 aromatic carbocycles. The number of carbonyl (C=O) groups is 1. The summed E-state index contributed by atoms with van der Waals surface area (Å²) >= 11 is 0. The van der Waals surface area contributed by atoms with Crippen LogP contribution in [0.1, 0.15) is 17.3 Å². The molecule has 3 aromatic rings. The lowest BCUT2D eigenvalue weighted by Gasteiger charge is -2.20. The predicted molar refractivity (Wildman–Crippen MR) is 85.6 cm³/mol. The van der Waals surface area contributed by atoms with Gasteiger partial charge in [-0.2, -0.15) is 0 Å². The van der Waals surface area contributed by atoms with E-state index in [1.54, 1.807) is 4.90 Å². The lowest BCUT2D eigenvalue weighted by molar-refractivity contribution is 0.0988. The van der Waals surface area contributed by atoms with Crippen LogP contribution in [0.15, 0.2) is 59.3 Å². The fourth-order valence-electron chi connectivity index (χ4n) is 2.43. The van der Waals surface area contributed by atoms with Crippen molar-refractivity contribution in [2.45, 2.75) is 6.92 Å². The highest BCUT2D eigenvalue weighted by Crippen LogP contribution is 2.27. The number of nitrogens with zero attached hydrogens (tertiary/aromatic N) is 2. The Kier molecular flexibility index (Phi) is 4.37. The molecule has 0 aliphatic rings. The topological polar surface area (TPSA) is 46.3 Å². The smallest absolute Gasteiger partial charge is 0.263 e. The van der Waals surface area contributed by atoms with Crippen LogP contribution >= 0.6 is 0 Å². The molecule has 122 valence electrons. The molecule has 4 nitrogen and oxygen atoms in total. The molecule has 0 saturated carbocycles. The fraction of sp³-hybridized carbons (Fsp3) is 0.111. The van der Waals surface area contributed by atoms with Crippen molar-refractivity contribution in [2.24, 2.45) is 0 Å². The Morgan fingerprint density at radius 2 is 1.88 bits per heavy atom. The molecular weight excluding hydrogens is 314 g/mol. The number of carbonyl (C=O) groups excluding carboxylic acids is 1. The third-order valence-electron chi connectivity index (χ3n) is 3.61. The maximum atomic E-state index is 13.5. The minimum atomic E-state index is -1.02. The third kappa shape index (κ3) is 2.90. The SMILES string of the molecule is CCN(C(=O)c1cnoc1-c1ccc(F)c(F)c1)c1ccccc1. The van der Waals surface area contributed by atoms with Crippen molar-refractivity contribution in [1.29, 1.82) is 0 Å². The molecule has 6 heteroatoms. The van der Waals surface area contributed by atoms with Crippen LogP contribution in [0.3, 0.4) is 0 Å². The van der Waals surface area contributed by atoms with Gasteiger partial charge in [0.05, 0.1) is 6.20 Å². The molecule has 0 N–H and O–H groups in total. The van der Waals surface area contributed by atoms with E-state index < -0.39 is 11.6 Å². The standard InChI is InChI=1S/C18H14F2N2O2/c1-2-22(13-6-4-3-5-7-13)18(23)14-11-21-24-17(14)12-8-9-15(19)16(20)10-12/h3-11H,2H2,1H3. The molecule has 0 spiro atoms. The number of amides is 1. The van der Waals surface area contributed by atoms with Crippen LogP contribution in [0.25, 0.3) is 11.3 Å². The summed E-state index contributed by atoms with van der Waals surface area (Å²) in [5, 5.41) is 3.64. The van der Waals surface area contributed by atoms with Gasteiger partial charge in [-0.3, -0.25) is 4.79 Å². The minimum absolute atomic E-state index is 0.105. The van der Waals surface area contributed by atoms with Crippen LogP contribution in [-0.2, 0) is 0 Å². The molecule has 0 bridgehead atoms. The molecule has 24 heavy (non-hydrogen) atoms. The Labute approximate surface area is 137 Å². The number of rotatable bonds is 4. The van der Waals surface area contributed by atoms with Gasteiger partial charge in [-0.05, 0) is 37.3 Å². The molecule has 0 radical (unpaired) electrons. The van der Waals surface area contributed by atoms with Gasteiger partial charge in [0.25, 0.3) is 5.91 Å². The van der Waals surface area contributed by atoms with E-state index in [1.165, 1.54) is 12.3 Å². The van der Waals surface area contributed by atoms with Crippen molar-refractivity contribution in [2.75, 3.05) is 11.4 Å². The van der Waals surface area contributed by atoms with E-state index in [2.05, 4.69) is 5.16 Å². The zero-order valence-electron chi connectivity index (χ0n) is 12.9. The first-order valence-electron chi connectivity index (χ1n) is 7.38. The van der Waals surface area contributed by atoms with Crippen molar-refractivity contribution in [1.82, 2.24) is 5.16 Å². The lowest BCUT2D eigenvalue weighted by atomic mass is 10.1. The number of aromatic nitrogens is 1. The quantitative estimate of drug-likeness (QED) is 0.718. The zero-order chi connectivity index (χ0) is 17.1. The second kappa shape index (κ2) is 6.62. The largest absolute Gasteiger partial charge is 0.355 e. The molecule has 0 aliphatic heterocycles. The van der Waals surface area contributed by atoms with Crippen LogP contribution in [-0.4, -0.2) is 17.6 Å². The molecule has 3 rings (SSSR count). The van der Waals surface area contributed by atoms with Gasteiger partial charge >= 0.3 is 0 Å². The minimum Gasteiger partial charge on any atom is -0.355 e. The first-order valence-corrected chi connectivity index (χ1v) is 7.38. The number of para-hydroxylation sites is 1. The van der Waals surface area contributed by atoms with Crippen molar-refractivity contribution >= 4 is 11.6 Å². The van der Waals surface area contributed by atoms with Gasteiger partial charge in [0, 0.05) is 17.8 Å².